The Morgan fingerprint density at radius 3 is 2.55 bits per heavy atom. The van der Waals surface area contributed by atoms with Crippen molar-refractivity contribution in [1.29, 1.82) is 0 Å². The summed E-state index contributed by atoms with van der Waals surface area (Å²) in [5.74, 6) is 0.518. The van der Waals surface area contributed by atoms with Crippen LogP contribution in [0.2, 0.25) is 0 Å². The zero-order chi connectivity index (χ0) is 14.5. The van der Waals surface area contributed by atoms with E-state index in [2.05, 4.69) is 5.32 Å². The van der Waals surface area contributed by atoms with Crippen LogP contribution in [0.3, 0.4) is 0 Å². The molecule has 1 N–H and O–H groups in total. The Kier molecular flexibility index (Phi) is 3.29. The minimum atomic E-state index is -3.33. The first-order chi connectivity index (χ1) is 9.46. The molecule has 3 unspecified atom stereocenters. The Bertz CT molecular complexity index is 622. The second kappa shape index (κ2) is 4.74. The lowest BCUT2D eigenvalue weighted by atomic mass is 9.91. The van der Waals surface area contributed by atoms with Crippen LogP contribution in [0.4, 0.5) is 0 Å². The van der Waals surface area contributed by atoms with Gasteiger partial charge in [-0.05, 0) is 37.3 Å². The fraction of sp³-hybridized carbons (Fsp3) is 0.600. The summed E-state index contributed by atoms with van der Waals surface area (Å²) in [5, 5.41) is 3.20. The number of benzene rings is 1. The molecule has 1 aliphatic carbocycles. The maximum Gasteiger partial charge on any atom is 0.185 e. The molecule has 1 saturated carbocycles. The monoisotopic (exact) mass is 295 g/mol. The van der Waals surface area contributed by atoms with Gasteiger partial charge in [0.15, 0.2) is 9.84 Å². The van der Waals surface area contributed by atoms with Crippen LogP contribution in [-0.2, 0) is 9.84 Å². The van der Waals surface area contributed by atoms with E-state index in [0.29, 0.717) is 16.7 Å². The fourth-order valence-corrected chi connectivity index (χ4v) is 5.06. The van der Waals surface area contributed by atoms with Gasteiger partial charge in [0.05, 0.1) is 12.4 Å². The SMILES string of the molecule is COc1cccc2c1S(=O)(=O)C(C)C(C)C2NC1CC1. The van der Waals surface area contributed by atoms with E-state index >= 15 is 0 Å². The topological polar surface area (TPSA) is 55.4 Å². The molecule has 1 fully saturated rings. The largest absolute Gasteiger partial charge is 0.495 e. The predicted octanol–water partition coefficient (Wildman–Crippen LogP) is 2.30. The van der Waals surface area contributed by atoms with Gasteiger partial charge in [0.1, 0.15) is 10.6 Å². The molecule has 0 radical (unpaired) electrons. The van der Waals surface area contributed by atoms with E-state index in [1.807, 2.05) is 19.1 Å². The minimum Gasteiger partial charge on any atom is -0.495 e. The van der Waals surface area contributed by atoms with Crippen molar-refractivity contribution in [2.45, 2.75) is 48.9 Å². The second-order valence-electron chi connectivity index (χ2n) is 5.91. The van der Waals surface area contributed by atoms with Crippen LogP contribution >= 0.6 is 0 Å². The van der Waals surface area contributed by atoms with Gasteiger partial charge in [-0.2, -0.15) is 0 Å². The van der Waals surface area contributed by atoms with E-state index in [-0.39, 0.29) is 12.0 Å². The normalized spacial score (nSPS) is 31.6. The molecule has 3 atom stereocenters. The molecule has 5 heteroatoms. The summed E-state index contributed by atoms with van der Waals surface area (Å²) in [6.45, 7) is 3.82. The summed E-state index contributed by atoms with van der Waals surface area (Å²) in [5.41, 5.74) is 0.863. The number of methoxy groups -OCH3 is 1. The fourth-order valence-electron chi connectivity index (χ4n) is 3.01. The van der Waals surface area contributed by atoms with Crippen molar-refractivity contribution >= 4 is 9.84 Å². The Hall–Kier alpha value is -1.07. The Labute approximate surface area is 120 Å². The quantitative estimate of drug-likeness (QED) is 0.929. The van der Waals surface area contributed by atoms with Gasteiger partial charge in [0.2, 0.25) is 0 Å². The summed E-state index contributed by atoms with van der Waals surface area (Å²) >= 11 is 0. The van der Waals surface area contributed by atoms with E-state index in [1.165, 1.54) is 20.0 Å². The summed E-state index contributed by atoms with van der Waals surface area (Å²) in [4.78, 5) is 0.381. The molecule has 0 bridgehead atoms. The van der Waals surface area contributed by atoms with Crippen LogP contribution in [0.5, 0.6) is 5.75 Å². The third-order valence-electron chi connectivity index (χ3n) is 4.60. The van der Waals surface area contributed by atoms with Crippen molar-refractivity contribution in [2.75, 3.05) is 7.11 Å². The Morgan fingerprint density at radius 1 is 1.25 bits per heavy atom. The van der Waals surface area contributed by atoms with Crippen LogP contribution in [0, 0.1) is 5.92 Å². The molecule has 110 valence electrons. The highest BCUT2D eigenvalue weighted by molar-refractivity contribution is 7.92. The molecule has 2 aliphatic rings. The first-order valence-electron chi connectivity index (χ1n) is 7.13. The van der Waals surface area contributed by atoms with Gasteiger partial charge in [-0.3, -0.25) is 0 Å². The van der Waals surface area contributed by atoms with E-state index in [1.54, 1.807) is 13.0 Å². The maximum absolute atomic E-state index is 12.7. The predicted molar refractivity (Wildman–Crippen MR) is 77.7 cm³/mol. The van der Waals surface area contributed by atoms with E-state index < -0.39 is 15.1 Å². The van der Waals surface area contributed by atoms with Gasteiger partial charge in [-0.1, -0.05) is 19.1 Å². The zero-order valence-corrected chi connectivity index (χ0v) is 12.9. The molecule has 20 heavy (non-hydrogen) atoms. The van der Waals surface area contributed by atoms with Crippen LogP contribution in [0.25, 0.3) is 0 Å². The summed E-state index contributed by atoms with van der Waals surface area (Å²) in [6.07, 6.45) is 2.37. The van der Waals surface area contributed by atoms with Crippen LogP contribution < -0.4 is 10.1 Å². The van der Waals surface area contributed by atoms with Gasteiger partial charge >= 0.3 is 0 Å². The minimum absolute atomic E-state index is 0.0557. The number of rotatable bonds is 3. The molecule has 0 saturated heterocycles. The highest BCUT2D eigenvalue weighted by Gasteiger charge is 2.44. The average molecular weight is 295 g/mol. The lowest BCUT2D eigenvalue weighted by Crippen LogP contribution is -2.42. The molecule has 0 aromatic heterocycles. The van der Waals surface area contributed by atoms with E-state index in [9.17, 15) is 8.42 Å². The molecule has 0 amide bonds. The first kappa shape index (κ1) is 13.9. The molecule has 4 nitrogen and oxygen atoms in total. The van der Waals surface area contributed by atoms with Crippen molar-refractivity contribution in [1.82, 2.24) is 5.32 Å². The standard InChI is InChI=1S/C15H21NO3S/c1-9-10(2)20(17,18)15-12(5-4-6-13(15)19-3)14(9)16-11-7-8-11/h4-6,9-11,14,16H,7-8H2,1-3H3. The lowest BCUT2D eigenvalue weighted by molar-refractivity contribution is 0.344. The number of sulfone groups is 1. The average Bonchev–Trinajstić information content (AvgIpc) is 3.25. The van der Waals surface area contributed by atoms with Gasteiger partial charge < -0.3 is 10.1 Å². The molecule has 3 rings (SSSR count). The van der Waals surface area contributed by atoms with Gasteiger partial charge in [0.25, 0.3) is 0 Å². The third-order valence-corrected chi connectivity index (χ3v) is 7.01. The highest BCUT2D eigenvalue weighted by Crippen LogP contribution is 2.45. The van der Waals surface area contributed by atoms with Gasteiger partial charge in [-0.25, -0.2) is 8.42 Å². The van der Waals surface area contributed by atoms with E-state index in [0.717, 1.165) is 5.56 Å². The first-order valence-corrected chi connectivity index (χ1v) is 8.68. The summed E-state index contributed by atoms with van der Waals surface area (Å²) < 4.78 is 30.8. The Morgan fingerprint density at radius 2 is 1.95 bits per heavy atom. The van der Waals surface area contributed by atoms with Crippen molar-refractivity contribution in [3.63, 3.8) is 0 Å². The van der Waals surface area contributed by atoms with Crippen LogP contribution in [0.15, 0.2) is 23.1 Å². The van der Waals surface area contributed by atoms with Crippen molar-refractivity contribution < 1.29 is 13.2 Å². The van der Waals surface area contributed by atoms with Crippen molar-refractivity contribution in [3.8, 4) is 5.75 Å². The molecule has 1 aromatic carbocycles. The zero-order valence-electron chi connectivity index (χ0n) is 12.1. The van der Waals surface area contributed by atoms with Crippen molar-refractivity contribution in [3.05, 3.63) is 23.8 Å². The molecule has 1 aliphatic heterocycles. The van der Waals surface area contributed by atoms with Crippen LogP contribution in [0.1, 0.15) is 38.3 Å². The maximum atomic E-state index is 12.7. The summed E-state index contributed by atoms with van der Waals surface area (Å²) in [7, 11) is -1.80. The number of fused-ring (bicyclic) bond motifs is 1. The number of nitrogens with one attached hydrogen (secondary N) is 1. The molecule has 0 spiro atoms. The number of hydrogen-bond acceptors (Lipinski definition) is 4. The number of hydrogen-bond donors (Lipinski definition) is 1. The Balaban J connectivity index is 2.17. The van der Waals surface area contributed by atoms with Crippen LogP contribution in [-0.4, -0.2) is 26.8 Å². The smallest absolute Gasteiger partial charge is 0.185 e. The molecular formula is C15H21NO3S. The third kappa shape index (κ3) is 2.04. The van der Waals surface area contributed by atoms with E-state index in [4.69, 9.17) is 4.74 Å². The molecule has 1 heterocycles. The second-order valence-corrected chi connectivity index (χ2v) is 8.15. The number of ether oxygens (including phenoxy) is 1. The lowest BCUT2D eigenvalue weighted by Gasteiger charge is -2.37. The summed E-state index contributed by atoms with van der Waals surface area (Å²) in [6, 6.07) is 6.14. The van der Waals surface area contributed by atoms with Gasteiger partial charge in [-0.15, -0.1) is 0 Å². The van der Waals surface area contributed by atoms with Gasteiger partial charge in [0, 0.05) is 12.1 Å². The molecular weight excluding hydrogens is 274 g/mol. The van der Waals surface area contributed by atoms with Crippen molar-refractivity contribution in [2.24, 2.45) is 5.92 Å². The highest BCUT2D eigenvalue weighted by atomic mass is 32.2. The molecule has 1 aromatic rings.